The van der Waals surface area contributed by atoms with Gasteiger partial charge in [-0.3, -0.25) is 19.2 Å². The Morgan fingerprint density at radius 1 is 0.821 bits per heavy atom. The molecule has 0 aromatic carbocycles. The Hall–Kier alpha value is -3.10. The number of carbonyl (C=O) groups is 4. The Kier molecular flexibility index (Phi) is 19.6. The van der Waals surface area contributed by atoms with Gasteiger partial charge >= 0.3 is 0 Å². The van der Waals surface area contributed by atoms with Crippen LogP contribution in [0, 0.1) is 0 Å². The summed E-state index contributed by atoms with van der Waals surface area (Å²) in [5.41, 5.74) is 2.42. The first-order valence-electron chi connectivity index (χ1n) is 9.19. The summed E-state index contributed by atoms with van der Waals surface area (Å²) in [6.45, 7) is 9.00. The monoisotopic (exact) mass is 382 g/mol. The van der Waals surface area contributed by atoms with Gasteiger partial charge in [0, 0.05) is 6.42 Å². The average Bonchev–Trinajstić information content (AvgIpc) is 2.67. The van der Waals surface area contributed by atoms with Gasteiger partial charge in [0.25, 0.3) is 0 Å². The molecule has 0 aromatic rings. The summed E-state index contributed by atoms with van der Waals surface area (Å²) in [4.78, 5) is 44.2. The summed E-state index contributed by atoms with van der Waals surface area (Å²) in [5.74, 6) is -1.24. The highest BCUT2D eigenvalue weighted by Gasteiger charge is 2.06. The molecule has 0 saturated heterocycles. The van der Waals surface area contributed by atoms with Gasteiger partial charge in [-0.1, -0.05) is 63.0 Å². The van der Waals surface area contributed by atoms with E-state index in [1.165, 1.54) is 30.4 Å². The van der Waals surface area contributed by atoms with E-state index in [4.69, 9.17) is 0 Å². The third kappa shape index (κ3) is 19.2. The van der Waals surface area contributed by atoms with Crippen molar-refractivity contribution in [2.45, 2.75) is 46.5 Å². The van der Waals surface area contributed by atoms with Gasteiger partial charge in [-0.25, -0.2) is 0 Å². The quantitative estimate of drug-likeness (QED) is 0.157. The van der Waals surface area contributed by atoms with Crippen LogP contribution in [-0.4, -0.2) is 23.1 Å². The standard InChI is InChI=1S/C15H20O2.C9H10O2/c1-3-5-7-9-11-14(16)13-15(17)12-10-8-6-4-2;1-3-5-7-9(11)8(10)6-4-2/h5-12H,3-4,13H2,1-2H3;4-6H,1,7H2,2H3. The van der Waals surface area contributed by atoms with Crippen LogP contribution in [0.1, 0.15) is 46.5 Å². The fourth-order valence-corrected chi connectivity index (χ4v) is 1.55. The van der Waals surface area contributed by atoms with Crippen LogP contribution in [0.4, 0.5) is 0 Å². The second-order valence-corrected chi connectivity index (χ2v) is 5.40. The molecule has 0 saturated carbocycles. The lowest BCUT2D eigenvalue weighted by atomic mass is 10.2. The molecule has 0 fully saturated rings. The summed E-state index contributed by atoms with van der Waals surface area (Å²) in [6, 6.07) is 0. The Morgan fingerprint density at radius 2 is 1.32 bits per heavy atom. The normalized spacial score (nSPS) is 11.1. The van der Waals surface area contributed by atoms with Crippen molar-refractivity contribution in [1.82, 2.24) is 0 Å². The molecule has 4 heteroatoms. The highest BCUT2D eigenvalue weighted by molar-refractivity contribution is 6.41. The zero-order chi connectivity index (χ0) is 21.6. The van der Waals surface area contributed by atoms with Gasteiger partial charge in [0.15, 0.2) is 11.6 Å². The summed E-state index contributed by atoms with van der Waals surface area (Å²) in [7, 11) is 0. The molecule has 0 aliphatic rings. The second kappa shape index (κ2) is 20.2. The van der Waals surface area contributed by atoms with Crippen LogP contribution in [0.15, 0.2) is 79.1 Å². The van der Waals surface area contributed by atoms with Crippen LogP contribution < -0.4 is 0 Å². The van der Waals surface area contributed by atoms with E-state index in [1.54, 1.807) is 19.1 Å². The van der Waals surface area contributed by atoms with E-state index in [2.05, 4.69) is 12.3 Å². The molecule has 0 N–H and O–H groups in total. The molecular weight excluding hydrogens is 352 g/mol. The molecule has 0 heterocycles. The van der Waals surface area contributed by atoms with E-state index < -0.39 is 11.6 Å². The molecule has 0 rings (SSSR count). The fourth-order valence-electron chi connectivity index (χ4n) is 1.55. The highest BCUT2D eigenvalue weighted by Crippen LogP contribution is 1.93. The van der Waals surface area contributed by atoms with E-state index in [0.29, 0.717) is 0 Å². The Balaban J connectivity index is 0. The average molecular weight is 383 g/mol. The van der Waals surface area contributed by atoms with Crippen LogP contribution in [0.5, 0.6) is 0 Å². The van der Waals surface area contributed by atoms with Crippen molar-refractivity contribution in [1.29, 1.82) is 0 Å². The third-order valence-corrected chi connectivity index (χ3v) is 2.90. The first kappa shape index (κ1) is 27.1. The van der Waals surface area contributed by atoms with Crippen molar-refractivity contribution < 1.29 is 19.2 Å². The molecule has 0 aliphatic carbocycles. The van der Waals surface area contributed by atoms with Crippen LogP contribution in [0.25, 0.3) is 0 Å². The van der Waals surface area contributed by atoms with Gasteiger partial charge in [-0.15, -0.1) is 5.73 Å². The Bertz CT molecular complexity index is 660. The van der Waals surface area contributed by atoms with Gasteiger partial charge in [0.05, 0.1) is 6.42 Å². The van der Waals surface area contributed by atoms with Gasteiger partial charge < -0.3 is 0 Å². The lowest BCUT2D eigenvalue weighted by molar-refractivity contribution is -0.133. The topological polar surface area (TPSA) is 68.3 Å². The first-order valence-corrected chi connectivity index (χ1v) is 9.19. The van der Waals surface area contributed by atoms with Gasteiger partial charge in [0.1, 0.15) is 0 Å². The molecule has 0 radical (unpaired) electrons. The minimum atomic E-state index is -0.473. The number of carbonyl (C=O) groups excluding carboxylic acids is 4. The van der Waals surface area contributed by atoms with Gasteiger partial charge in [-0.2, -0.15) is 0 Å². The molecule has 150 valence electrons. The molecule has 0 aromatic heterocycles. The van der Waals surface area contributed by atoms with E-state index in [-0.39, 0.29) is 24.4 Å². The van der Waals surface area contributed by atoms with E-state index in [1.807, 2.05) is 38.2 Å². The van der Waals surface area contributed by atoms with Crippen molar-refractivity contribution >= 4 is 23.1 Å². The summed E-state index contributed by atoms with van der Waals surface area (Å²) in [6.07, 6.45) is 19.8. The molecule has 0 atom stereocenters. The third-order valence-electron chi connectivity index (χ3n) is 2.90. The first-order chi connectivity index (χ1) is 13.4. The van der Waals surface area contributed by atoms with E-state index in [9.17, 15) is 19.2 Å². The van der Waals surface area contributed by atoms with Crippen molar-refractivity contribution in [3.05, 3.63) is 79.1 Å². The van der Waals surface area contributed by atoms with Crippen molar-refractivity contribution in [3.63, 3.8) is 0 Å². The largest absolute Gasteiger partial charge is 0.294 e. The zero-order valence-corrected chi connectivity index (χ0v) is 17.0. The zero-order valence-electron chi connectivity index (χ0n) is 17.0. The SMILES string of the molecule is C=C=CCC(=O)C(=O)C=CC.CCC=CC=CC(=O)CC(=O)C=CC=CCC. The Labute approximate surface area is 168 Å². The maximum Gasteiger partial charge on any atom is 0.221 e. The fraction of sp³-hybridized carbons (Fsp3) is 0.292. The number of Topliss-reactive ketones (excluding diaryl/α,β-unsaturated/α-hetero) is 1. The van der Waals surface area contributed by atoms with E-state index >= 15 is 0 Å². The van der Waals surface area contributed by atoms with E-state index in [0.717, 1.165) is 12.8 Å². The lowest BCUT2D eigenvalue weighted by Gasteiger charge is -1.88. The summed E-state index contributed by atoms with van der Waals surface area (Å²) < 4.78 is 0. The van der Waals surface area contributed by atoms with Crippen LogP contribution >= 0.6 is 0 Å². The number of ketones is 4. The van der Waals surface area contributed by atoms with Crippen molar-refractivity contribution in [2.24, 2.45) is 0 Å². The van der Waals surface area contributed by atoms with Crippen LogP contribution in [-0.2, 0) is 19.2 Å². The molecule has 4 nitrogen and oxygen atoms in total. The minimum Gasteiger partial charge on any atom is -0.294 e. The van der Waals surface area contributed by atoms with Crippen LogP contribution in [0.2, 0.25) is 0 Å². The molecule has 0 aliphatic heterocycles. The predicted octanol–water partition coefficient (Wildman–Crippen LogP) is 4.99. The molecule has 28 heavy (non-hydrogen) atoms. The molecule has 0 unspecified atom stereocenters. The predicted molar refractivity (Wildman–Crippen MR) is 115 cm³/mol. The molecule has 0 amide bonds. The number of rotatable bonds is 12. The van der Waals surface area contributed by atoms with Gasteiger partial charge in [-0.05, 0) is 44.1 Å². The number of allylic oxidation sites excluding steroid dienone is 11. The number of hydrogen-bond donors (Lipinski definition) is 0. The Morgan fingerprint density at radius 3 is 1.71 bits per heavy atom. The van der Waals surface area contributed by atoms with Crippen molar-refractivity contribution in [2.75, 3.05) is 0 Å². The van der Waals surface area contributed by atoms with Crippen LogP contribution in [0.3, 0.4) is 0 Å². The summed E-state index contributed by atoms with van der Waals surface area (Å²) >= 11 is 0. The molecular formula is C24H30O4. The maximum atomic E-state index is 11.3. The second-order valence-electron chi connectivity index (χ2n) is 5.40. The maximum absolute atomic E-state index is 11.3. The number of hydrogen-bond acceptors (Lipinski definition) is 4. The highest BCUT2D eigenvalue weighted by atomic mass is 16.2. The molecule has 0 spiro atoms. The van der Waals surface area contributed by atoms with Crippen molar-refractivity contribution in [3.8, 4) is 0 Å². The molecule has 0 bridgehead atoms. The lowest BCUT2D eigenvalue weighted by Crippen LogP contribution is -2.08. The smallest absolute Gasteiger partial charge is 0.221 e. The minimum absolute atomic E-state index is 0.0626. The van der Waals surface area contributed by atoms with Gasteiger partial charge in [0.2, 0.25) is 11.6 Å². The summed E-state index contributed by atoms with van der Waals surface area (Å²) in [5, 5.41) is 0.